The van der Waals surface area contributed by atoms with E-state index in [2.05, 4.69) is 10.6 Å². The van der Waals surface area contributed by atoms with Crippen molar-refractivity contribution in [3.8, 4) is 0 Å². The summed E-state index contributed by atoms with van der Waals surface area (Å²) in [5.41, 5.74) is 7.30. The molecule has 0 bridgehead atoms. The van der Waals surface area contributed by atoms with E-state index in [4.69, 9.17) is 5.73 Å². The molecule has 0 saturated carbocycles. The fraction of sp³-hybridized carbons (Fsp3) is 0.467. The van der Waals surface area contributed by atoms with Gasteiger partial charge in [0.15, 0.2) is 0 Å². The molecule has 1 fully saturated rings. The Bertz CT molecular complexity index is 518. The van der Waals surface area contributed by atoms with Crippen LogP contribution >= 0.6 is 0 Å². The topological polar surface area (TPSA) is 87.5 Å². The van der Waals surface area contributed by atoms with Crippen LogP contribution in [-0.2, 0) is 16.1 Å². The van der Waals surface area contributed by atoms with Gasteiger partial charge in [-0.3, -0.25) is 14.5 Å². The van der Waals surface area contributed by atoms with Crippen molar-refractivity contribution >= 4 is 17.5 Å². The molecular formula is C15H22N4O2. The van der Waals surface area contributed by atoms with Gasteiger partial charge in [-0.1, -0.05) is 18.2 Å². The molecule has 6 heteroatoms. The summed E-state index contributed by atoms with van der Waals surface area (Å²) in [6, 6.07) is 7.11. The number of hydrogen-bond acceptors (Lipinski definition) is 4. The molecule has 0 spiro atoms. The lowest BCUT2D eigenvalue weighted by Crippen LogP contribution is -2.45. The highest BCUT2D eigenvalue weighted by Gasteiger charge is 2.25. The number of nitrogens with two attached hydrogens (primary N) is 1. The largest absolute Gasteiger partial charge is 0.355 e. The van der Waals surface area contributed by atoms with Crippen LogP contribution < -0.4 is 16.4 Å². The number of anilines is 1. The minimum absolute atomic E-state index is 0.0329. The highest BCUT2D eigenvalue weighted by Crippen LogP contribution is 2.15. The molecule has 2 amide bonds. The smallest absolute Gasteiger partial charge is 0.241 e. The van der Waals surface area contributed by atoms with Crippen LogP contribution in [0.25, 0.3) is 0 Å². The van der Waals surface area contributed by atoms with Crippen molar-refractivity contribution in [3.05, 3.63) is 29.8 Å². The molecule has 0 aliphatic carbocycles. The van der Waals surface area contributed by atoms with E-state index >= 15 is 0 Å². The summed E-state index contributed by atoms with van der Waals surface area (Å²) in [5, 5.41) is 5.71. The number of nitrogens with one attached hydrogen (secondary N) is 2. The highest BCUT2D eigenvalue weighted by molar-refractivity contribution is 5.95. The van der Waals surface area contributed by atoms with Gasteiger partial charge in [0, 0.05) is 25.3 Å². The first kappa shape index (κ1) is 15.5. The Hall–Kier alpha value is -1.92. The van der Waals surface area contributed by atoms with Crippen LogP contribution in [0.2, 0.25) is 0 Å². The van der Waals surface area contributed by atoms with Gasteiger partial charge in [0.1, 0.15) is 0 Å². The molecule has 1 aliphatic heterocycles. The number of amides is 2. The number of hydrogen-bond donors (Lipinski definition) is 3. The van der Waals surface area contributed by atoms with Crippen LogP contribution in [0.15, 0.2) is 24.3 Å². The first-order valence-electron chi connectivity index (χ1n) is 7.21. The third kappa shape index (κ3) is 4.03. The van der Waals surface area contributed by atoms with Crippen LogP contribution in [0.3, 0.4) is 0 Å². The Morgan fingerprint density at radius 2 is 2.24 bits per heavy atom. The van der Waals surface area contributed by atoms with E-state index in [1.165, 1.54) is 0 Å². The van der Waals surface area contributed by atoms with Crippen molar-refractivity contribution in [3.63, 3.8) is 0 Å². The Labute approximate surface area is 124 Å². The monoisotopic (exact) mass is 290 g/mol. The summed E-state index contributed by atoms with van der Waals surface area (Å²) in [6.07, 6.45) is 0.850. The summed E-state index contributed by atoms with van der Waals surface area (Å²) in [4.78, 5) is 25.8. The summed E-state index contributed by atoms with van der Waals surface area (Å²) in [6.45, 7) is 3.84. The molecule has 1 aromatic rings. The van der Waals surface area contributed by atoms with Crippen LogP contribution in [0, 0.1) is 0 Å². The third-order valence-electron chi connectivity index (χ3n) is 3.71. The predicted molar refractivity (Wildman–Crippen MR) is 81.6 cm³/mol. The van der Waals surface area contributed by atoms with E-state index in [0.717, 1.165) is 24.2 Å². The van der Waals surface area contributed by atoms with Gasteiger partial charge in [0.05, 0.1) is 12.6 Å². The fourth-order valence-electron chi connectivity index (χ4n) is 2.38. The zero-order chi connectivity index (χ0) is 15.2. The lowest BCUT2D eigenvalue weighted by Gasteiger charge is -2.25. The molecule has 1 saturated heterocycles. The van der Waals surface area contributed by atoms with Gasteiger partial charge in [-0.05, 0) is 25.0 Å². The summed E-state index contributed by atoms with van der Waals surface area (Å²) < 4.78 is 0. The maximum Gasteiger partial charge on any atom is 0.241 e. The van der Waals surface area contributed by atoms with Crippen LogP contribution in [-0.4, -0.2) is 42.4 Å². The molecule has 0 radical (unpaired) electrons. The number of para-hydroxylation sites is 1. The molecule has 1 atom stereocenters. The molecule has 0 aromatic heterocycles. The number of carbonyl (C=O) groups is 2. The maximum atomic E-state index is 12.4. The molecular weight excluding hydrogens is 268 g/mol. The highest BCUT2D eigenvalue weighted by atomic mass is 16.2. The summed E-state index contributed by atoms with van der Waals surface area (Å²) >= 11 is 0. The molecule has 21 heavy (non-hydrogen) atoms. The Kier molecular flexibility index (Phi) is 5.30. The van der Waals surface area contributed by atoms with Gasteiger partial charge in [-0.2, -0.15) is 0 Å². The minimum atomic E-state index is -0.361. The van der Waals surface area contributed by atoms with E-state index in [1.807, 2.05) is 36.1 Å². The Morgan fingerprint density at radius 3 is 3.00 bits per heavy atom. The van der Waals surface area contributed by atoms with Crippen molar-refractivity contribution in [2.45, 2.75) is 25.9 Å². The van der Waals surface area contributed by atoms with E-state index in [0.29, 0.717) is 13.1 Å². The second-order valence-electron chi connectivity index (χ2n) is 5.20. The quantitative estimate of drug-likeness (QED) is 0.744. The van der Waals surface area contributed by atoms with Crippen LogP contribution in [0.4, 0.5) is 5.69 Å². The van der Waals surface area contributed by atoms with Crippen molar-refractivity contribution in [2.24, 2.45) is 5.73 Å². The normalized spacial score (nSPS) is 17.7. The molecule has 1 unspecified atom stereocenters. The van der Waals surface area contributed by atoms with Gasteiger partial charge < -0.3 is 16.4 Å². The average Bonchev–Trinajstić information content (AvgIpc) is 2.71. The average molecular weight is 290 g/mol. The first-order chi connectivity index (χ1) is 10.1. The van der Waals surface area contributed by atoms with Gasteiger partial charge >= 0.3 is 0 Å². The molecule has 4 N–H and O–H groups in total. The van der Waals surface area contributed by atoms with Gasteiger partial charge in [0.2, 0.25) is 11.8 Å². The zero-order valence-electron chi connectivity index (χ0n) is 12.3. The second-order valence-corrected chi connectivity index (χ2v) is 5.20. The van der Waals surface area contributed by atoms with Crippen LogP contribution in [0.1, 0.15) is 18.9 Å². The van der Waals surface area contributed by atoms with Crippen molar-refractivity contribution in [1.29, 1.82) is 0 Å². The lowest BCUT2D eigenvalue weighted by molar-refractivity contribution is -0.124. The first-order valence-corrected chi connectivity index (χ1v) is 7.21. The Balaban J connectivity index is 2.03. The lowest BCUT2D eigenvalue weighted by atomic mass is 10.1. The van der Waals surface area contributed by atoms with Crippen molar-refractivity contribution < 1.29 is 9.59 Å². The molecule has 114 valence electrons. The SMILES string of the molecule is CC(C(=O)Nc1ccccc1CN)N1CCCNC(=O)C1. The number of rotatable bonds is 4. The molecule has 1 heterocycles. The van der Waals surface area contributed by atoms with Gasteiger partial charge in [0.25, 0.3) is 0 Å². The van der Waals surface area contributed by atoms with Gasteiger partial charge in [-0.25, -0.2) is 0 Å². The Morgan fingerprint density at radius 1 is 1.48 bits per heavy atom. The maximum absolute atomic E-state index is 12.4. The number of nitrogens with zero attached hydrogens (tertiary/aromatic N) is 1. The standard InChI is InChI=1S/C15H22N4O2/c1-11(19-8-4-7-17-14(20)10-19)15(21)18-13-6-3-2-5-12(13)9-16/h2-3,5-6,11H,4,7-10,16H2,1H3,(H,17,20)(H,18,21). The van der Waals surface area contributed by atoms with Crippen LogP contribution in [0.5, 0.6) is 0 Å². The molecule has 1 aliphatic rings. The number of carbonyl (C=O) groups excluding carboxylic acids is 2. The van der Waals surface area contributed by atoms with E-state index in [1.54, 1.807) is 0 Å². The zero-order valence-corrected chi connectivity index (χ0v) is 12.3. The second kappa shape index (κ2) is 7.19. The molecule has 6 nitrogen and oxygen atoms in total. The third-order valence-corrected chi connectivity index (χ3v) is 3.71. The van der Waals surface area contributed by atoms with Crippen molar-refractivity contribution in [1.82, 2.24) is 10.2 Å². The van der Waals surface area contributed by atoms with Crippen molar-refractivity contribution in [2.75, 3.05) is 25.0 Å². The minimum Gasteiger partial charge on any atom is -0.355 e. The van der Waals surface area contributed by atoms with Gasteiger partial charge in [-0.15, -0.1) is 0 Å². The van der Waals surface area contributed by atoms with E-state index < -0.39 is 0 Å². The fourth-order valence-corrected chi connectivity index (χ4v) is 2.38. The van der Waals surface area contributed by atoms with E-state index in [-0.39, 0.29) is 24.4 Å². The molecule has 2 rings (SSSR count). The summed E-state index contributed by atoms with van der Waals surface area (Å²) in [7, 11) is 0. The summed E-state index contributed by atoms with van der Waals surface area (Å²) in [5.74, 6) is -0.153. The van der Waals surface area contributed by atoms with E-state index in [9.17, 15) is 9.59 Å². The molecule has 1 aromatic carbocycles. The number of benzene rings is 1. The predicted octanol–water partition coefficient (Wildman–Crippen LogP) is 0.294.